The Labute approximate surface area is 91.9 Å². The minimum absolute atomic E-state index is 0.132. The topological polar surface area (TPSA) is 38.0 Å². The van der Waals surface area contributed by atoms with Crippen LogP contribution in [0.4, 0.5) is 0 Å². The molecule has 0 spiro atoms. The van der Waals surface area contributed by atoms with Gasteiger partial charge < -0.3 is 11.1 Å². The highest BCUT2D eigenvalue weighted by molar-refractivity contribution is 5.21. The molecule has 0 bridgehead atoms. The third-order valence-corrected chi connectivity index (χ3v) is 3.08. The predicted molar refractivity (Wildman–Crippen MR) is 63.9 cm³/mol. The number of aryl methyl sites for hydroxylation is 1. The highest BCUT2D eigenvalue weighted by Gasteiger charge is 2.37. The lowest BCUT2D eigenvalue weighted by Crippen LogP contribution is -2.36. The van der Waals surface area contributed by atoms with Gasteiger partial charge in [-0.2, -0.15) is 0 Å². The molecule has 0 radical (unpaired) electrons. The van der Waals surface area contributed by atoms with Crippen molar-refractivity contribution in [3.8, 4) is 0 Å². The fraction of sp³-hybridized carbons (Fsp3) is 0.538. The molecule has 0 atom stereocenters. The molecular formula is C13H20N2. The monoisotopic (exact) mass is 204 g/mol. The average Bonchev–Trinajstić information content (AvgIpc) is 2.95. The molecule has 0 aliphatic heterocycles. The Hall–Kier alpha value is -0.860. The largest absolute Gasteiger partial charge is 0.324 e. The number of rotatable bonds is 5. The predicted octanol–water partition coefficient (Wildman–Crippen LogP) is 1.62. The van der Waals surface area contributed by atoms with Crippen molar-refractivity contribution in [1.29, 1.82) is 0 Å². The molecule has 0 saturated heterocycles. The van der Waals surface area contributed by atoms with E-state index in [9.17, 15) is 0 Å². The van der Waals surface area contributed by atoms with Crippen molar-refractivity contribution >= 4 is 0 Å². The van der Waals surface area contributed by atoms with Crippen LogP contribution in [0.25, 0.3) is 0 Å². The molecule has 1 aliphatic carbocycles. The Bertz CT molecular complexity index is 312. The van der Waals surface area contributed by atoms with Gasteiger partial charge in [-0.05, 0) is 38.3 Å². The van der Waals surface area contributed by atoms with E-state index < -0.39 is 0 Å². The van der Waals surface area contributed by atoms with Crippen molar-refractivity contribution < 1.29 is 0 Å². The molecule has 0 heterocycles. The minimum atomic E-state index is 0.132. The van der Waals surface area contributed by atoms with Gasteiger partial charge in [0.15, 0.2) is 0 Å². The lowest BCUT2D eigenvalue weighted by Gasteiger charge is -2.10. The highest BCUT2D eigenvalue weighted by atomic mass is 15.0. The molecule has 2 nitrogen and oxygen atoms in total. The third-order valence-electron chi connectivity index (χ3n) is 3.08. The maximum atomic E-state index is 5.98. The van der Waals surface area contributed by atoms with E-state index in [0.29, 0.717) is 0 Å². The summed E-state index contributed by atoms with van der Waals surface area (Å²) in [4.78, 5) is 0. The first-order valence-electron chi connectivity index (χ1n) is 5.73. The van der Waals surface area contributed by atoms with E-state index in [4.69, 9.17) is 5.73 Å². The van der Waals surface area contributed by atoms with Crippen molar-refractivity contribution in [1.82, 2.24) is 5.32 Å². The van der Waals surface area contributed by atoms with Gasteiger partial charge in [-0.3, -0.25) is 0 Å². The van der Waals surface area contributed by atoms with Crippen LogP contribution in [0.2, 0.25) is 0 Å². The average molecular weight is 204 g/mol. The van der Waals surface area contributed by atoms with Gasteiger partial charge in [-0.25, -0.2) is 0 Å². The maximum absolute atomic E-state index is 5.98. The minimum Gasteiger partial charge on any atom is -0.324 e. The highest BCUT2D eigenvalue weighted by Crippen LogP contribution is 2.30. The Morgan fingerprint density at radius 1 is 1.27 bits per heavy atom. The number of benzene rings is 1. The summed E-state index contributed by atoms with van der Waals surface area (Å²) in [5, 5.41) is 3.43. The molecule has 0 aromatic heterocycles. The zero-order valence-corrected chi connectivity index (χ0v) is 9.42. The second-order valence-electron chi connectivity index (χ2n) is 4.77. The van der Waals surface area contributed by atoms with Crippen molar-refractivity contribution in [2.75, 3.05) is 13.1 Å². The van der Waals surface area contributed by atoms with Crippen molar-refractivity contribution in [2.24, 2.45) is 5.73 Å². The molecule has 15 heavy (non-hydrogen) atoms. The van der Waals surface area contributed by atoms with Crippen LogP contribution < -0.4 is 11.1 Å². The SMILES string of the molecule is Cc1ccc(CCNCC2(N)CC2)cc1. The van der Waals surface area contributed by atoms with Crippen LogP contribution in [0.3, 0.4) is 0 Å². The summed E-state index contributed by atoms with van der Waals surface area (Å²) in [6.07, 6.45) is 3.46. The summed E-state index contributed by atoms with van der Waals surface area (Å²) < 4.78 is 0. The first-order valence-corrected chi connectivity index (χ1v) is 5.73. The Morgan fingerprint density at radius 2 is 1.93 bits per heavy atom. The van der Waals surface area contributed by atoms with Crippen molar-refractivity contribution in [3.63, 3.8) is 0 Å². The molecule has 2 heteroatoms. The van der Waals surface area contributed by atoms with Crippen molar-refractivity contribution in [3.05, 3.63) is 35.4 Å². The van der Waals surface area contributed by atoms with E-state index in [2.05, 4.69) is 36.5 Å². The van der Waals surface area contributed by atoms with Crippen LogP contribution >= 0.6 is 0 Å². The first kappa shape index (κ1) is 10.7. The molecule has 1 aliphatic rings. The molecule has 82 valence electrons. The second-order valence-corrected chi connectivity index (χ2v) is 4.77. The third kappa shape index (κ3) is 3.33. The lowest BCUT2D eigenvalue weighted by molar-refractivity contribution is 0.571. The smallest absolute Gasteiger partial charge is 0.0282 e. The van der Waals surface area contributed by atoms with Gasteiger partial charge >= 0.3 is 0 Å². The lowest BCUT2D eigenvalue weighted by atomic mass is 10.1. The fourth-order valence-electron chi connectivity index (χ4n) is 1.66. The summed E-state index contributed by atoms with van der Waals surface area (Å²) in [6.45, 7) is 4.12. The maximum Gasteiger partial charge on any atom is 0.0282 e. The molecule has 3 N–H and O–H groups in total. The molecule has 1 aromatic rings. The van der Waals surface area contributed by atoms with E-state index in [1.54, 1.807) is 0 Å². The Kier molecular flexibility index (Phi) is 3.08. The second kappa shape index (κ2) is 4.33. The molecule has 1 aromatic carbocycles. The first-order chi connectivity index (χ1) is 7.18. The van der Waals surface area contributed by atoms with E-state index in [1.807, 2.05) is 0 Å². The van der Waals surface area contributed by atoms with E-state index in [0.717, 1.165) is 19.5 Å². The van der Waals surface area contributed by atoms with Gasteiger partial charge in [-0.1, -0.05) is 29.8 Å². The van der Waals surface area contributed by atoms with Crippen LogP contribution in [0, 0.1) is 6.92 Å². The summed E-state index contributed by atoms with van der Waals surface area (Å²) in [6, 6.07) is 8.74. The van der Waals surface area contributed by atoms with E-state index in [-0.39, 0.29) is 5.54 Å². The van der Waals surface area contributed by atoms with Gasteiger partial charge in [-0.15, -0.1) is 0 Å². The Morgan fingerprint density at radius 3 is 2.53 bits per heavy atom. The fourth-order valence-corrected chi connectivity index (χ4v) is 1.66. The van der Waals surface area contributed by atoms with Crippen LogP contribution in [0.5, 0.6) is 0 Å². The van der Waals surface area contributed by atoms with E-state index >= 15 is 0 Å². The molecule has 1 fully saturated rings. The zero-order valence-electron chi connectivity index (χ0n) is 9.42. The summed E-state index contributed by atoms with van der Waals surface area (Å²) in [7, 11) is 0. The number of nitrogens with one attached hydrogen (secondary N) is 1. The van der Waals surface area contributed by atoms with Crippen LogP contribution in [-0.4, -0.2) is 18.6 Å². The molecular weight excluding hydrogens is 184 g/mol. The molecule has 0 amide bonds. The molecule has 1 saturated carbocycles. The van der Waals surface area contributed by atoms with Gasteiger partial charge in [0.1, 0.15) is 0 Å². The van der Waals surface area contributed by atoms with E-state index in [1.165, 1.54) is 24.0 Å². The van der Waals surface area contributed by atoms with Crippen LogP contribution in [0.15, 0.2) is 24.3 Å². The summed E-state index contributed by atoms with van der Waals surface area (Å²) >= 11 is 0. The number of nitrogens with two attached hydrogens (primary N) is 1. The Balaban J connectivity index is 1.67. The molecule has 0 unspecified atom stereocenters. The van der Waals surface area contributed by atoms with Gasteiger partial charge in [0.25, 0.3) is 0 Å². The number of hydrogen-bond acceptors (Lipinski definition) is 2. The van der Waals surface area contributed by atoms with Gasteiger partial charge in [0.2, 0.25) is 0 Å². The summed E-state index contributed by atoms with van der Waals surface area (Å²) in [5.41, 5.74) is 8.84. The van der Waals surface area contributed by atoms with Crippen LogP contribution in [0.1, 0.15) is 24.0 Å². The quantitative estimate of drug-likeness (QED) is 0.715. The molecule has 2 rings (SSSR count). The van der Waals surface area contributed by atoms with Crippen molar-refractivity contribution in [2.45, 2.75) is 31.7 Å². The zero-order chi connectivity index (χ0) is 10.7. The normalized spacial score (nSPS) is 17.7. The van der Waals surface area contributed by atoms with Gasteiger partial charge in [0, 0.05) is 12.1 Å². The summed E-state index contributed by atoms with van der Waals surface area (Å²) in [5.74, 6) is 0. The van der Waals surface area contributed by atoms with Gasteiger partial charge in [0.05, 0.1) is 0 Å². The number of hydrogen-bond donors (Lipinski definition) is 2. The van der Waals surface area contributed by atoms with Crippen LogP contribution in [-0.2, 0) is 6.42 Å². The standard InChI is InChI=1S/C13H20N2/c1-11-2-4-12(5-3-11)6-9-15-10-13(14)7-8-13/h2-5,15H,6-10,14H2,1H3.